The molecule has 0 aliphatic carbocycles. The molecule has 1 aliphatic heterocycles. The lowest BCUT2D eigenvalue weighted by Gasteiger charge is -2.34. The Balaban J connectivity index is 1.82. The van der Waals surface area contributed by atoms with E-state index in [1.807, 2.05) is 0 Å². The van der Waals surface area contributed by atoms with Crippen LogP contribution in [0.4, 0.5) is 0 Å². The molecule has 2 rings (SSSR count). The number of sulfonamides is 1. The molecule has 1 saturated heterocycles. The van der Waals surface area contributed by atoms with E-state index in [2.05, 4.69) is 0 Å². The summed E-state index contributed by atoms with van der Waals surface area (Å²) in [5, 5.41) is 0. The van der Waals surface area contributed by atoms with Crippen LogP contribution >= 0.6 is 0 Å². The number of carbonyl (C=O) groups is 2. The Morgan fingerprint density at radius 3 is 2.30 bits per heavy atom. The Bertz CT molecular complexity index is 646. The van der Waals surface area contributed by atoms with E-state index in [0.29, 0.717) is 26.2 Å². The zero-order valence-electron chi connectivity index (χ0n) is 13.3. The van der Waals surface area contributed by atoms with Gasteiger partial charge in [0.05, 0.1) is 12.0 Å². The quantitative estimate of drug-likeness (QED) is 0.741. The highest BCUT2D eigenvalue weighted by Crippen LogP contribution is 2.10. The fourth-order valence-electron chi connectivity index (χ4n) is 2.27. The van der Waals surface area contributed by atoms with Crippen LogP contribution in [0.3, 0.4) is 0 Å². The van der Waals surface area contributed by atoms with Crippen LogP contribution in [0.1, 0.15) is 17.0 Å². The summed E-state index contributed by atoms with van der Waals surface area (Å²) in [7, 11) is -0.490. The van der Waals surface area contributed by atoms with E-state index in [9.17, 15) is 18.0 Å². The molecule has 0 spiro atoms. The Labute approximate surface area is 135 Å². The third-order valence-electron chi connectivity index (χ3n) is 3.78. The van der Waals surface area contributed by atoms with Crippen molar-refractivity contribution in [2.75, 3.05) is 46.0 Å². The van der Waals surface area contributed by atoms with Crippen LogP contribution in [-0.4, -0.2) is 80.4 Å². The maximum atomic E-state index is 12.1. The first-order valence-electron chi connectivity index (χ1n) is 7.32. The standard InChI is InChI=1S/C14H21N3O5S/c1-15(2)23(20,21)11-5-13(18)16-6-8-17(9-7-16)14(19)12-4-3-10-22-12/h3-4,10H,5-9,11H2,1-2H3. The van der Waals surface area contributed by atoms with Gasteiger partial charge in [-0.3, -0.25) is 9.59 Å². The van der Waals surface area contributed by atoms with Gasteiger partial charge < -0.3 is 14.2 Å². The van der Waals surface area contributed by atoms with Gasteiger partial charge in [0, 0.05) is 46.7 Å². The summed E-state index contributed by atoms with van der Waals surface area (Å²) in [6, 6.07) is 3.25. The molecule has 2 amide bonds. The summed E-state index contributed by atoms with van der Waals surface area (Å²) in [4.78, 5) is 27.4. The molecule has 1 aromatic heterocycles. The molecule has 2 heterocycles. The van der Waals surface area contributed by atoms with Crippen LogP contribution in [-0.2, 0) is 14.8 Å². The Morgan fingerprint density at radius 1 is 1.17 bits per heavy atom. The van der Waals surface area contributed by atoms with Crippen LogP contribution in [0.25, 0.3) is 0 Å². The summed E-state index contributed by atoms with van der Waals surface area (Å²) in [5.41, 5.74) is 0. The van der Waals surface area contributed by atoms with Crippen LogP contribution < -0.4 is 0 Å². The van der Waals surface area contributed by atoms with Gasteiger partial charge in [-0.2, -0.15) is 0 Å². The number of carbonyl (C=O) groups excluding carboxylic acids is 2. The average molecular weight is 343 g/mol. The van der Waals surface area contributed by atoms with Crippen molar-refractivity contribution in [2.24, 2.45) is 0 Å². The third kappa shape index (κ3) is 4.32. The summed E-state index contributed by atoms with van der Waals surface area (Å²) in [6.45, 7) is 1.61. The van der Waals surface area contributed by atoms with Crippen molar-refractivity contribution < 1.29 is 22.4 Å². The lowest BCUT2D eigenvalue weighted by molar-refractivity contribution is -0.132. The molecule has 0 saturated carbocycles. The molecule has 8 nitrogen and oxygen atoms in total. The van der Waals surface area contributed by atoms with Gasteiger partial charge in [0.1, 0.15) is 0 Å². The van der Waals surface area contributed by atoms with Gasteiger partial charge in [-0.15, -0.1) is 0 Å². The van der Waals surface area contributed by atoms with Crippen molar-refractivity contribution >= 4 is 21.8 Å². The number of hydrogen-bond donors (Lipinski definition) is 0. The summed E-state index contributed by atoms with van der Waals surface area (Å²) < 4.78 is 29.6. The molecule has 0 N–H and O–H groups in total. The molecule has 0 radical (unpaired) electrons. The van der Waals surface area contributed by atoms with Crippen molar-refractivity contribution in [3.05, 3.63) is 24.2 Å². The van der Waals surface area contributed by atoms with E-state index in [-0.39, 0.29) is 29.7 Å². The predicted molar refractivity (Wildman–Crippen MR) is 83.3 cm³/mol. The summed E-state index contributed by atoms with van der Waals surface area (Å²) >= 11 is 0. The number of hydrogen-bond acceptors (Lipinski definition) is 5. The van der Waals surface area contributed by atoms with E-state index in [1.54, 1.807) is 21.9 Å². The fraction of sp³-hybridized carbons (Fsp3) is 0.571. The topological polar surface area (TPSA) is 91.1 Å². The molecule has 23 heavy (non-hydrogen) atoms. The molecule has 0 aromatic carbocycles. The minimum absolute atomic E-state index is 0.0490. The fourth-order valence-corrected chi connectivity index (χ4v) is 3.07. The van der Waals surface area contributed by atoms with Crippen molar-refractivity contribution in [1.82, 2.24) is 14.1 Å². The number of furan rings is 1. The van der Waals surface area contributed by atoms with Crippen molar-refractivity contribution in [3.8, 4) is 0 Å². The molecule has 1 aromatic rings. The minimum atomic E-state index is -3.38. The van der Waals surface area contributed by atoms with Gasteiger partial charge in [-0.1, -0.05) is 0 Å². The van der Waals surface area contributed by atoms with Crippen LogP contribution in [0.2, 0.25) is 0 Å². The monoisotopic (exact) mass is 343 g/mol. The largest absolute Gasteiger partial charge is 0.459 e. The Morgan fingerprint density at radius 2 is 1.78 bits per heavy atom. The maximum absolute atomic E-state index is 12.1. The van der Waals surface area contributed by atoms with Gasteiger partial charge in [-0.25, -0.2) is 12.7 Å². The first kappa shape index (κ1) is 17.5. The van der Waals surface area contributed by atoms with Gasteiger partial charge in [0.25, 0.3) is 5.91 Å². The number of nitrogens with zero attached hydrogens (tertiary/aromatic N) is 3. The van der Waals surface area contributed by atoms with E-state index in [4.69, 9.17) is 4.42 Å². The normalized spacial score (nSPS) is 16.0. The number of amides is 2. The van der Waals surface area contributed by atoms with Gasteiger partial charge in [0.2, 0.25) is 15.9 Å². The van der Waals surface area contributed by atoms with E-state index < -0.39 is 10.0 Å². The minimum Gasteiger partial charge on any atom is -0.459 e. The number of rotatable bonds is 5. The van der Waals surface area contributed by atoms with Gasteiger partial charge in [-0.05, 0) is 12.1 Å². The summed E-state index contributed by atoms with van der Waals surface area (Å²) in [6.07, 6.45) is 1.39. The van der Waals surface area contributed by atoms with Crippen molar-refractivity contribution in [1.29, 1.82) is 0 Å². The molecule has 9 heteroatoms. The zero-order chi connectivity index (χ0) is 17.0. The van der Waals surface area contributed by atoms with E-state index in [0.717, 1.165) is 4.31 Å². The van der Waals surface area contributed by atoms with E-state index in [1.165, 1.54) is 20.4 Å². The van der Waals surface area contributed by atoms with Crippen LogP contribution in [0, 0.1) is 0 Å². The SMILES string of the molecule is CN(C)S(=O)(=O)CCC(=O)N1CCN(C(=O)c2ccco2)CC1. The summed E-state index contributed by atoms with van der Waals surface area (Å²) in [5.74, 6) is -0.329. The number of piperazine rings is 1. The lowest BCUT2D eigenvalue weighted by atomic mass is 10.2. The molecule has 1 aliphatic rings. The predicted octanol–water partition coefficient (Wildman–Crippen LogP) is -0.154. The Kier molecular flexibility index (Phi) is 5.42. The average Bonchev–Trinajstić information content (AvgIpc) is 3.06. The van der Waals surface area contributed by atoms with Gasteiger partial charge in [0.15, 0.2) is 5.76 Å². The second-order valence-corrected chi connectivity index (χ2v) is 7.80. The third-order valence-corrected chi connectivity index (χ3v) is 5.61. The van der Waals surface area contributed by atoms with Crippen LogP contribution in [0.5, 0.6) is 0 Å². The molecule has 1 fully saturated rings. The first-order valence-corrected chi connectivity index (χ1v) is 8.93. The lowest BCUT2D eigenvalue weighted by Crippen LogP contribution is -2.50. The maximum Gasteiger partial charge on any atom is 0.289 e. The van der Waals surface area contributed by atoms with Crippen LogP contribution in [0.15, 0.2) is 22.8 Å². The molecular formula is C14H21N3O5S. The highest BCUT2D eigenvalue weighted by molar-refractivity contribution is 7.89. The second kappa shape index (κ2) is 7.14. The van der Waals surface area contributed by atoms with Gasteiger partial charge >= 0.3 is 0 Å². The van der Waals surface area contributed by atoms with Crippen molar-refractivity contribution in [3.63, 3.8) is 0 Å². The van der Waals surface area contributed by atoms with E-state index >= 15 is 0 Å². The highest BCUT2D eigenvalue weighted by atomic mass is 32.2. The molecular weight excluding hydrogens is 322 g/mol. The zero-order valence-corrected chi connectivity index (χ0v) is 14.1. The molecule has 0 unspecified atom stereocenters. The van der Waals surface area contributed by atoms with Crippen molar-refractivity contribution in [2.45, 2.75) is 6.42 Å². The second-order valence-electron chi connectivity index (χ2n) is 5.50. The molecule has 128 valence electrons. The molecule has 0 atom stereocenters. The first-order chi connectivity index (χ1) is 10.8. The highest BCUT2D eigenvalue weighted by Gasteiger charge is 2.26. The smallest absolute Gasteiger partial charge is 0.289 e. The molecule has 0 bridgehead atoms. The Hall–Kier alpha value is -1.87.